The second kappa shape index (κ2) is 5.87. The van der Waals surface area contributed by atoms with Crippen LogP contribution in [-0.2, 0) is 10.0 Å². The minimum absolute atomic E-state index is 0.102. The Kier molecular flexibility index (Phi) is 4.43. The lowest BCUT2D eigenvalue weighted by Crippen LogP contribution is -2.30. The zero-order chi connectivity index (χ0) is 13.0. The highest BCUT2D eigenvalue weighted by Crippen LogP contribution is 2.18. The first kappa shape index (κ1) is 13.6. The second-order valence-corrected chi connectivity index (χ2v) is 6.53. The van der Waals surface area contributed by atoms with Crippen LogP contribution in [0.2, 0.25) is 5.02 Å². The van der Waals surface area contributed by atoms with Gasteiger partial charge in [-0.15, -0.1) is 0 Å². The molecule has 98 valence electrons. The van der Waals surface area contributed by atoms with E-state index in [2.05, 4.69) is 4.72 Å². The summed E-state index contributed by atoms with van der Waals surface area (Å²) in [5.74, 6) is 0. The van der Waals surface area contributed by atoms with Crippen molar-refractivity contribution in [1.29, 1.82) is 0 Å². The molecule has 3 nitrogen and oxygen atoms in total. The van der Waals surface area contributed by atoms with E-state index in [0.29, 0.717) is 5.02 Å². The van der Waals surface area contributed by atoms with Gasteiger partial charge in [0, 0.05) is 16.5 Å². The number of nitrogens with one attached hydrogen (secondary N) is 1. The van der Waals surface area contributed by atoms with Gasteiger partial charge in [0.2, 0.25) is 10.0 Å². The van der Waals surface area contributed by atoms with Crippen LogP contribution in [0, 0.1) is 0 Å². The monoisotopic (exact) mass is 285 g/mol. The normalized spacial score (nSPS) is 17.6. The standard InChI is InChI=1S/C13H16ClNO2S/c14-12-7-5-11(6-8-12)9-10-18(16,17)15-13-3-1-2-4-13/h5-10,13,15H,1-4H2/b10-9-. The fourth-order valence-electron chi connectivity index (χ4n) is 2.06. The molecule has 2 rings (SSSR count). The van der Waals surface area contributed by atoms with Gasteiger partial charge in [-0.25, -0.2) is 13.1 Å². The Morgan fingerprint density at radius 1 is 1.17 bits per heavy atom. The molecular weight excluding hydrogens is 270 g/mol. The van der Waals surface area contributed by atoms with Crippen LogP contribution in [0.4, 0.5) is 0 Å². The van der Waals surface area contributed by atoms with E-state index >= 15 is 0 Å². The van der Waals surface area contributed by atoms with Crippen molar-refractivity contribution < 1.29 is 8.42 Å². The van der Waals surface area contributed by atoms with E-state index in [0.717, 1.165) is 31.2 Å². The predicted molar refractivity (Wildman–Crippen MR) is 74.8 cm³/mol. The van der Waals surface area contributed by atoms with Crippen molar-refractivity contribution in [2.75, 3.05) is 0 Å². The number of benzene rings is 1. The van der Waals surface area contributed by atoms with E-state index in [4.69, 9.17) is 11.6 Å². The van der Waals surface area contributed by atoms with Gasteiger partial charge < -0.3 is 0 Å². The zero-order valence-electron chi connectivity index (χ0n) is 9.97. The van der Waals surface area contributed by atoms with Gasteiger partial charge in [-0.2, -0.15) is 0 Å². The van der Waals surface area contributed by atoms with Crippen LogP contribution in [-0.4, -0.2) is 14.5 Å². The minimum Gasteiger partial charge on any atom is -0.209 e. The number of hydrogen-bond donors (Lipinski definition) is 1. The maximum atomic E-state index is 11.8. The molecular formula is C13H16ClNO2S. The molecule has 0 saturated heterocycles. The number of halogens is 1. The van der Waals surface area contributed by atoms with Gasteiger partial charge in [-0.1, -0.05) is 36.6 Å². The number of rotatable bonds is 4. The van der Waals surface area contributed by atoms with Gasteiger partial charge in [-0.3, -0.25) is 0 Å². The summed E-state index contributed by atoms with van der Waals surface area (Å²) in [6, 6.07) is 7.13. The van der Waals surface area contributed by atoms with E-state index in [1.54, 1.807) is 30.3 Å². The maximum Gasteiger partial charge on any atom is 0.233 e. The van der Waals surface area contributed by atoms with Crippen LogP contribution in [0.1, 0.15) is 31.2 Å². The van der Waals surface area contributed by atoms with Crippen LogP contribution in [0.5, 0.6) is 0 Å². The van der Waals surface area contributed by atoms with Crippen molar-refractivity contribution in [2.45, 2.75) is 31.7 Å². The molecule has 5 heteroatoms. The Balaban J connectivity index is 2.00. The molecule has 0 bridgehead atoms. The van der Waals surface area contributed by atoms with E-state index in [-0.39, 0.29) is 6.04 Å². The van der Waals surface area contributed by atoms with E-state index in [9.17, 15) is 8.42 Å². The van der Waals surface area contributed by atoms with Crippen molar-refractivity contribution in [2.24, 2.45) is 0 Å². The molecule has 18 heavy (non-hydrogen) atoms. The average molecular weight is 286 g/mol. The third kappa shape index (κ3) is 4.12. The number of hydrogen-bond acceptors (Lipinski definition) is 2. The van der Waals surface area contributed by atoms with Crippen molar-refractivity contribution in [3.63, 3.8) is 0 Å². The van der Waals surface area contributed by atoms with Crippen LogP contribution < -0.4 is 4.72 Å². The zero-order valence-corrected chi connectivity index (χ0v) is 11.5. The third-order valence-corrected chi connectivity index (χ3v) is 4.40. The summed E-state index contributed by atoms with van der Waals surface area (Å²) >= 11 is 5.76. The Bertz CT molecular complexity index is 516. The fourth-order valence-corrected chi connectivity index (χ4v) is 3.30. The molecule has 1 saturated carbocycles. The first-order valence-corrected chi connectivity index (χ1v) is 7.93. The summed E-state index contributed by atoms with van der Waals surface area (Å²) in [6.45, 7) is 0. The molecule has 1 aromatic rings. The lowest BCUT2D eigenvalue weighted by atomic mass is 10.2. The highest BCUT2D eigenvalue weighted by atomic mass is 35.5. The minimum atomic E-state index is -3.34. The first-order chi connectivity index (χ1) is 8.55. The molecule has 0 unspecified atom stereocenters. The van der Waals surface area contributed by atoms with Crippen LogP contribution in [0.3, 0.4) is 0 Å². The Morgan fingerprint density at radius 2 is 1.78 bits per heavy atom. The second-order valence-electron chi connectivity index (χ2n) is 4.50. The van der Waals surface area contributed by atoms with Gasteiger partial charge in [0.1, 0.15) is 0 Å². The molecule has 0 atom stereocenters. The summed E-state index contributed by atoms with van der Waals surface area (Å²) in [5.41, 5.74) is 0.816. The third-order valence-electron chi connectivity index (χ3n) is 3.00. The molecule has 1 fully saturated rings. The highest BCUT2D eigenvalue weighted by molar-refractivity contribution is 7.92. The van der Waals surface area contributed by atoms with Gasteiger partial charge in [0.15, 0.2) is 0 Å². The largest absolute Gasteiger partial charge is 0.233 e. The summed E-state index contributed by atoms with van der Waals surface area (Å²) in [6.07, 6.45) is 5.66. The maximum absolute atomic E-state index is 11.8. The molecule has 0 amide bonds. The molecule has 0 aliphatic heterocycles. The summed E-state index contributed by atoms with van der Waals surface area (Å²) < 4.78 is 26.3. The van der Waals surface area contributed by atoms with Crippen molar-refractivity contribution in [3.05, 3.63) is 40.3 Å². The van der Waals surface area contributed by atoms with Crippen LogP contribution in [0.15, 0.2) is 29.7 Å². The Hall–Kier alpha value is -0.840. The van der Waals surface area contributed by atoms with Gasteiger partial charge in [-0.05, 0) is 36.6 Å². The van der Waals surface area contributed by atoms with Crippen molar-refractivity contribution in [3.8, 4) is 0 Å². The Labute approximate surface area is 113 Å². The van der Waals surface area contributed by atoms with Gasteiger partial charge in [0.25, 0.3) is 0 Å². The lowest BCUT2D eigenvalue weighted by Gasteiger charge is -2.09. The van der Waals surface area contributed by atoms with E-state index < -0.39 is 10.0 Å². The molecule has 1 aliphatic carbocycles. The summed E-state index contributed by atoms with van der Waals surface area (Å²) in [7, 11) is -3.34. The average Bonchev–Trinajstić information content (AvgIpc) is 2.80. The first-order valence-electron chi connectivity index (χ1n) is 6.01. The Morgan fingerprint density at radius 3 is 2.39 bits per heavy atom. The topological polar surface area (TPSA) is 46.2 Å². The van der Waals surface area contributed by atoms with Crippen LogP contribution in [0.25, 0.3) is 6.08 Å². The van der Waals surface area contributed by atoms with Gasteiger partial charge >= 0.3 is 0 Å². The smallest absolute Gasteiger partial charge is 0.209 e. The molecule has 1 aromatic carbocycles. The SMILES string of the molecule is O=S(=O)(/C=C\c1ccc(Cl)cc1)NC1CCCC1. The van der Waals surface area contributed by atoms with Gasteiger partial charge in [0.05, 0.1) is 0 Å². The molecule has 1 N–H and O–H groups in total. The highest BCUT2D eigenvalue weighted by Gasteiger charge is 2.19. The summed E-state index contributed by atoms with van der Waals surface area (Å²) in [5, 5.41) is 1.85. The van der Waals surface area contributed by atoms with E-state index in [1.807, 2.05) is 0 Å². The van der Waals surface area contributed by atoms with E-state index in [1.165, 1.54) is 5.41 Å². The molecule has 0 aromatic heterocycles. The molecule has 0 heterocycles. The molecule has 0 radical (unpaired) electrons. The fraction of sp³-hybridized carbons (Fsp3) is 0.385. The van der Waals surface area contributed by atoms with Crippen molar-refractivity contribution >= 4 is 27.7 Å². The summed E-state index contributed by atoms with van der Waals surface area (Å²) in [4.78, 5) is 0. The lowest BCUT2D eigenvalue weighted by molar-refractivity contribution is 0.561. The number of sulfonamides is 1. The molecule has 1 aliphatic rings. The quantitative estimate of drug-likeness (QED) is 0.923. The molecule has 0 spiro atoms. The van der Waals surface area contributed by atoms with Crippen LogP contribution >= 0.6 is 11.6 Å². The van der Waals surface area contributed by atoms with Crippen molar-refractivity contribution in [1.82, 2.24) is 4.72 Å². The predicted octanol–water partition coefficient (Wildman–Crippen LogP) is 3.17.